The van der Waals surface area contributed by atoms with Crippen LogP contribution in [0.4, 0.5) is 5.95 Å². The fraction of sp³-hybridized carbons (Fsp3) is 0.500. The molecule has 1 aliphatic rings. The van der Waals surface area contributed by atoms with E-state index >= 15 is 0 Å². The molecule has 0 unspecified atom stereocenters. The molecule has 3 heterocycles. The largest absolute Gasteiger partial charge is 0.394 e. The third kappa shape index (κ3) is 1.78. The molecule has 4 atom stereocenters. The molecule has 0 bridgehead atoms. The number of hydrogen-bond acceptors (Lipinski definition) is 8. The second kappa shape index (κ2) is 4.52. The van der Waals surface area contributed by atoms with Crippen LogP contribution < -0.4 is 11.4 Å². The van der Waals surface area contributed by atoms with Crippen molar-refractivity contribution in [2.24, 2.45) is 0 Å². The lowest BCUT2D eigenvalue weighted by atomic mass is 10.1. The van der Waals surface area contributed by atoms with E-state index in [9.17, 15) is 15.0 Å². The van der Waals surface area contributed by atoms with Gasteiger partial charge in [-0.1, -0.05) is 0 Å². The Morgan fingerprint density at radius 3 is 2.70 bits per heavy atom. The van der Waals surface area contributed by atoms with Crippen molar-refractivity contribution in [3.05, 3.63) is 22.9 Å². The number of hydrogen-bond donors (Lipinski definition) is 4. The second-order valence-electron chi connectivity index (χ2n) is 4.47. The summed E-state index contributed by atoms with van der Waals surface area (Å²) in [6.07, 6.45) is -1.56. The van der Waals surface area contributed by atoms with Crippen LogP contribution in [0.1, 0.15) is 6.23 Å². The summed E-state index contributed by atoms with van der Waals surface area (Å²) in [7, 11) is 0. The first-order valence-electron chi connectivity index (χ1n) is 5.88. The first-order chi connectivity index (χ1) is 9.52. The number of ether oxygens (including phenoxy) is 1. The van der Waals surface area contributed by atoms with Gasteiger partial charge in [-0.15, -0.1) is 0 Å². The van der Waals surface area contributed by atoms with Gasteiger partial charge in [0.25, 0.3) is 0 Å². The molecule has 0 saturated carbocycles. The summed E-state index contributed by atoms with van der Waals surface area (Å²) in [6, 6.07) is 0. The topological polar surface area (TPSA) is 148 Å². The molecule has 1 aliphatic heterocycles. The summed E-state index contributed by atoms with van der Waals surface area (Å²) in [5.74, 6) is -0.0842. The average Bonchev–Trinajstić information content (AvgIpc) is 2.93. The van der Waals surface area contributed by atoms with Gasteiger partial charge in [-0.3, -0.25) is 4.57 Å². The van der Waals surface area contributed by atoms with Crippen LogP contribution in [0.25, 0.3) is 5.78 Å². The molecular weight excluding hydrogens is 270 g/mol. The van der Waals surface area contributed by atoms with E-state index in [1.165, 1.54) is 17.0 Å². The summed E-state index contributed by atoms with van der Waals surface area (Å²) in [6.45, 7) is -0.439. The van der Waals surface area contributed by atoms with Crippen LogP contribution in [0.15, 0.2) is 17.2 Å². The highest BCUT2D eigenvalue weighted by Crippen LogP contribution is 2.30. The lowest BCUT2D eigenvalue weighted by Crippen LogP contribution is -2.33. The molecule has 0 aliphatic carbocycles. The number of nitrogens with zero attached hydrogens (tertiary/aromatic N) is 4. The quantitative estimate of drug-likeness (QED) is 0.458. The lowest BCUT2D eigenvalue weighted by Gasteiger charge is -2.16. The normalized spacial score (nSPS) is 30.1. The SMILES string of the molecule is Nc1nc(=O)n2ccn([C@@H]3O[C@H](CO)[C@H](O)[C@@H]3O)c2n1. The second-order valence-corrected chi connectivity index (χ2v) is 4.47. The molecule has 10 heteroatoms. The van der Waals surface area contributed by atoms with Crippen molar-refractivity contribution in [1.82, 2.24) is 18.9 Å². The van der Waals surface area contributed by atoms with Crippen LogP contribution in [0.2, 0.25) is 0 Å². The number of fused-ring (bicyclic) bond motifs is 1. The molecule has 5 N–H and O–H groups in total. The molecule has 0 amide bonds. The number of aromatic nitrogens is 4. The lowest BCUT2D eigenvalue weighted by molar-refractivity contribution is -0.0510. The fourth-order valence-electron chi connectivity index (χ4n) is 2.24. The molecule has 2 aromatic rings. The van der Waals surface area contributed by atoms with Crippen molar-refractivity contribution in [3.8, 4) is 0 Å². The molecule has 1 fully saturated rings. The molecule has 108 valence electrons. The van der Waals surface area contributed by atoms with Crippen LogP contribution in [-0.4, -0.2) is 59.2 Å². The Balaban J connectivity index is 2.09. The zero-order chi connectivity index (χ0) is 14.4. The highest BCUT2D eigenvalue weighted by Gasteiger charge is 2.43. The van der Waals surface area contributed by atoms with Crippen molar-refractivity contribution >= 4 is 11.7 Å². The van der Waals surface area contributed by atoms with Crippen molar-refractivity contribution < 1.29 is 20.1 Å². The predicted molar refractivity (Wildman–Crippen MR) is 64.7 cm³/mol. The molecule has 0 radical (unpaired) electrons. The summed E-state index contributed by atoms with van der Waals surface area (Å²) >= 11 is 0. The van der Waals surface area contributed by atoms with Crippen LogP contribution >= 0.6 is 0 Å². The predicted octanol–water partition coefficient (Wildman–Crippen LogP) is -2.92. The van der Waals surface area contributed by atoms with Crippen molar-refractivity contribution in [2.75, 3.05) is 12.3 Å². The number of imidazole rings is 1. The maximum atomic E-state index is 11.6. The van der Waals surface area contributed by atoms with Gasteiger partial charge in [0.2, 0.25) is 11.7 Å². The Bertz CT molecular complexity index is 697. The van der Waals surface area contributed by atoms with Crippen LogP contribution in [0.5, 0.6) is 0 Å². The molecule has 2 aromatic heterocycles. The maximum absolute atomic E-state index is 11.6. The van der Waals surface area contributed by atoms with Crippen molar-refractivity contribution in [3.63, 3.8) is 0 Å². The Morgan fingerprint density at radius 1 is 1.30 bits per heavy atom. The molecular formula is C10H13N5O5. The van der Waals surface area contributed by atoms with E-state index in [4.69, 9.17) is 15.6 Å². The number of nitrogen functional groups attached to an aromatic ring is 1. The maximum Gasteiger partial charge on any atom is 0.357 e. The third-order valence-corrected chi connectivity index (χ3v) is 3.24. The number of rotatable bonds is 2. The zero-order valence-electron chi connectivity index (χ0n) is 10.2. The highest BCUT2D eigenvalue weighted by atomic mass is 16.6. The smallest absolute Gasteiger partial charge is 0.357 e. The Morgan fingerprint density at radius 2 is 2.05 bits per heavy atom. The monoisotopic (exact) mass is 283 g/mol. The number of aliphatic hydroxyl groups is 3. The average molecular weight is 283 g/mol. The summed E-state index contributed by atoms with van der Waals surface area (Å²) in [5.41, 5.74) is 4.81. The van der Waals surface area contributed by atoms with Crippen LogP contribution in [0, 0.1) is 0 Å². The molecule has 10 nitrogen and oxygen atoms in total. The first-order valence-corrected chi connectivity index (χ1v) is 5.88. The van der Waals surface area contributed by atoms with E-state index in [2.05, 4.69) is 9.97 Å². The van der Waals surface area contributed by atoms with Gasteiger partial charge in [-0.2, -0.15) is 9.97 Å². The van der Waals surface area contributed by atoms with Gasteiger partial charge in [-0.25, -0.2) is 9.20 Å². The third-order valence-electron chi connectivity index (χ3n) is 3.24. The number of aliphatic hydroxyl groups excluding tert-OH is 3. The Kier molecular flexibility index (Phi) is 2.94. The molecule has 3 rings (SSSR count). The van der Waals surface area contributed by atoms with Gasteiger partial charge < -0.3 is 25.8 Å². The van der Waals surface area contributed by atoms with Gasteiger partial charge in [0.15, 0.2) is 6.23 Å². The minimum atomic E-state index is -1.27. The summed E-state index contributed by atoms with van der Waals surface area (Å²) in [4.78, 5) is 19.0. The summed E-state index contributed by atoms with van der Waals surface area (Å²) < 4.78 is 7.84. The zero-order valence-corrected chi connectivity index (χ0v) is 10.2. The van der Waals surface area contributed by atoms with Gasteiger partial charge in [0.05, 0.1) is 6.61 Å². The minimum absolute atomic E-state index is 0.123. The first kappa shape index (κ1) is 13.0. The molecule has 0 spiro atoms. The van der Waals surface area contributed by atoms with Crippen LogP contribution in [-0.2, 0) is 4.74 Å². The molecule has 1 saturated heterocycles. The molecule has 20 heavy (non-hydrogen) atoms. The van der Waals surface area contributed by atoms with E-state index in [0.717, 1.165) is 4.40 Å². The Hall–Kier alpha value is -2.01. The van der Waals surface area contributed by atoms with Gasteiger partial charge in [0, 0.05) is 12.4 Å². The highest BCUT2D eigenvalue weighted by molar-refractivity contribution is 5.35. The fourth-order valence-corrected chi connectivity index (χ4v) is 2.24. The minimum Gasteiger partial charge on any atom is -0.394 e. The summed E-state index contributed by atoms with van der Waals surface area (Å²) in [5, 5.41) is 28.8. The van der Waals surface area contributed by atoms with E-state index in [1.807, 2.05) is 0 Å². The number of anilines is 1. The van der Waals surface area contributed by atoms with Gasteiger partial charge in [-0.05, 0) is 0 Å². The van der Waals surface area contributed by atoms with E-state index < -0.39 is 36.8 Å². The Labute approximate surface area is 111 Å². The number of nitrogens with two attached hydrogens (primary N) is 1. The van der Waals surface area contributed by atoms with Crippen LogP contribution in [0.3, 0.4) is 0 Å². The van der Waals surface area contributed by atoms with E-state index in [1.54, 1.807) is 0 Å². The van der Waals surface area contributed by atoms with Crippen molar-refractivity contribution in [2.45, 2.75) is 24.5 Å². The standard InChI is InChI=1S/C10H13N5O5/c11-8-12-9-14(1-2-15(9)10(19)13-8)7-6(18)5(17)4(3-16)20-7/h1-2,4-7,16-18H,3H2,(H2,11,13,19)/t4-,5+,6+,7-/m1/s1. The van der Waals surface area contributed by atoms with E-state index in [-0.39, 0.29) is 11.7 Å². The molecule has 0 aromatic carbocycles. The van der Waals surface area contributed by atoms with Crippen molar-refractivity contribution in [1.29, 1.82) is 0 Å². The van der Waals surface area contributed by atoms with Gasteiger partial charge >= 0.3 is 5.69 Å². The van der Waals surface area contributed by atoms with Gasteiger partial charge in [0.1, 0.15) is 18.3 Å². The van der Waals surface area contributed by atoms with E-state index in [0.29, 0.717) is 0 Å².